The molecular formula is C9H20N3S+. The van der Waals surface area contributed by atoms with Gasteiger partial charge >= 0.3 is 0 Å². The van der Waals surface area contributed by atoms with E-state index in [1.165, 1.54) is 24.3 Å². The molecule has 1 fully saturated rings. The van der Waals surface area contributed by atoms with Crippen LogP contribution < -0.4 is 10.2 Å². The average molecular weight is 202 g/mol. The van der Waals surface area contributed by atoms with Gasteiger partial charge in [-0.25, -0.2) is 0 Å². The fourth-order valence-corrected chi connectivity index (χ4v) is 1.80. The van der Waals surface area contributed by atoms with Crippen LogP contribution in [-0.2, 0) is 0 Å². The molecule has 1 heterocycles. The van der Waals surface area contributed by atoms with Crippen LogP contribution in [-0.4, -0.2) is 50.3 Å². The smallest absolute Gasteiger partial charge is 0.168 e. The quantitative estimate of drug-likeness (QED) is 0.577. The summed E-state index contributed by atoms with van der Waals surface area (Å²) in [5, 5.41) is 4.17. The van der Waals surface area contributed by atoms with Crippen molar-refractivity contribution in [1.29, 1.82) is 0 Å². The number of hydrogen-bond donors (Lipinski definition) is 2. The van der Waals surface area contributed by atoms with Gasteiger partial charge < -0.3 is 15.1 Å². The summed E-state index contributed by atoms with van der Waals surface area (Å²) in [6.45, 7) is 4.51. The van der Waals surface area contributed by atoms with Crippen LogP contribution in [0, 0.1) is 0 Å². The van der Waals surface area contributed by atoms with Gasteiger partial charge in [-0.2, -0.15) is 0 Å². The molecule has 0 aliphatic carbocycles. The van der Waals surface area contributed by atoms with E-state index in [0.717, 1.165) is 24.7 Å². The maximum Gasteiger partial charge on any atom is 0.168 e. The summed E-state index contributed by atoms with van der Waals surface area (Å²) in [6.07, 6.45) is 2.44. The number of nitrogens with one attached hydrogen (secondary N) is 2. The van der Waals surface area contributed by atoms with Crippen molar-refractivity contribution in [3.63, 3.8) is 0 Å². The lowest BCUT2D eigenvalue weighted by molar-refractivity contribution is -0.858. The third kappa shape index (κ3) is 3.91. The molecule has 0 aromatic carbocycles. The van der Waals surface area contributed by atoms with Gasteiger partial charge in [-0.1, -0.05) is 0 Å². The van der Waals surface area contributed by atoms with Crippen molar-refractivity contribution in [2.75, 3.05) is 40.3 Å². The number of quaternary nitrogens is 1. The first-order valence-electron chi connectivity index (χ1n) is 5.02. The summed E-state index contributed by atoms with van der Waals surface area (Å²) in [7, 11) is 4.37. The first-order valence-corrected chi connectivity index (χ1v) is 5.43. The molecule has 0 aromatic heterocycles. The maximum atomic E-state index is 5.21. The van der Waals surface area contributed by atoms with Gasteiger partial charge in [0.05, 0.1) is 20.6 Å². The van der Waals surface area contributed by atoms with Gasteiger partial charge in [0, 0.05) is 26.1 Å². The maximum absolute atomic E-state index is 5.21. The summed E-state index contributed by atoms with van der Waals surface area (Å²) in [4.78, 5) is 3.79. The SMILES string of the molecule is C[NH+](C)CCCN1CCCNC1=S. The Morgan fingerprint density at radius 1 is 1.54 bits per heavy atom. The highest BCUT2D eigenvalue weighted by Crippen LogP contribution is 1.99. The minimum atomic E-state index is 0.944. The Balaban J connectivity index is 2.15. The van der Waals surface area contributed by atoms with E-state index in [9.17, 15) is 0 Å². The zero-order valence-corrected chi connectivity index (χ0v) is 9.41. The third-order valence-electron chi connectivity index (χ3n) is 2.27. The monoisotopic (exact) mass is 202 g/mol. The Kier molecular flexibility index (Phi) is 4.45. The van der Waals surface area contributed by atoms with Gasteiger partial charge in [0.25, 0.3) is 0 Å². The predicted octanol–water partition coefficient (Wildman–Crippen LogP) is -0.899. The molecule has 1 rings (SSSR count). The van der Waals surface area contributed by atoms with E-state index in [-0.39, 0.29) is 0 Å². The van der Waals surface area contributed by atoms with E-state index in [0.29, 0.717) is 0 Å². The van der Waals surface area contributed by atoms with Crippen molar-refractivity contribution >= 4 is 17.3 Å². The Morgan fingerprint density at radius 2 is 2.31 bits per heavy atom. The summed E-state index contributed by atoms with van der Waals surface area (Å²) in [5.41, 5.74) is 0. The van der Waals surface area contributed by atoms with Crippen LogP contribution in [0.1, 0.15) is 12.8 Å². The normalized spacial score (nSPS) is 17.8. The predicted molar refractivity (Wildman–Crippen MR) is 59.1 cm³/mol. The summed E-state index contributed by atoms with van der Waals surface area (Å²) < 4.78 is 0. The van der Waals surface area contributed by atoms with Crippen molar-refractivity contribution < 1.29 is 4.90 Å². The second kappa shape index (κ2) is 5.40. The van der Waals surface area contributed by atoms with Crippen molar-refractivity contribution in [1.82, 2.24) is 10.2 Å². The van der Waals surface area contributed by atoms with Gasteiger partial charge in [-0.15, -0.1) is 0 Å². The van der Waals surface area contributed by atoms with E-state index in [4.69, 9.17) is 12.2 Å². The third-order valence-corrected chi connectivity index (χ3v) is 2.68. The molecule has 0 radical (unpaired) electrons. The molecule has 13 heavy (non-hydrogen) atoms. The fraction of sp³-hybridized carbons (Fsp3) is 0.889. The lowest BCUT2D eigenvalue weighted by atomic mass is 10.3. The molecule has 0 saturated carbocycles. The van der Waals surface area contributed by atoms with Crippen LogP contribution in [0.15, 0.2) is 0 Å². The summed E-state index contributed by atoms with van der Waals surface area (Å²) in [5.74, 6) is 0. The second-order valence-electron chi connectivity index (χ2n) is 3.88. The van der Waals surface area contributed by atoms with Crippen molar-refractivity contribution in [3.05, 3.63) is 0 Å². The molecule has 1 saturated heterocycles. The molecule has 0 bridgehead atoms. The number of rotatable bonds is 4. The molecule has 0 spiro atoms. The van der Waals surface area contributed by atoms with Crippen LogP contribution >= 0.6 is 12.2 Å². The molecule has 0 aromatic rings. The van der Waals surface area contributed by atoms with Crippen molar-refractivity contribution in [2.24, 2.45) is 0 Å². The highest BCUT2D eigenvalue weighted by molar-refractivity contribution is 7.80. The molecule has 1 aliphatic heterocycles. The van der Waals surface area contributed by atoms with E-state index in [2.05, 4.69) is 24.3 Å². The number of hydrogen-bond acceptors (Lipinski definition) is 1. The lowest BCUT2D eigenvalue weighted by Gasteiger charge is -2.30. The molecule has 0 atom stereocenters. The largest absolute Gasteiger partial charge is 0.362 e. The van der Waals surface area contributed by atoms with Crippen LogP contribution in [0.5, 0.6) is 0 Å². The highest BCUT2D eigenvalue weighted by Gasteiger charge is 2.13. The average Bonchev–Trinajstić information content (AvgIpc) is 2.08. The molecule has 1 aliphatic rings. The standard InChI is InChI=1S/C9H19N3S/c1-11(2)6-4-8-12-7-3-5-10-9(12)13/h3-8H2,1-2H3,(H,10,13)/p+1. The van der Waals surface area contributed by atoms with Crippen LogP contribution in [0.25, 0.3) is 0 Å². The first kappa shape index (κ1) is 10.7. The highest BCUT2D eigenvalue weighted by atomic mass is 32.1. The molecule has 2 N–H and O–H groups in total. The van der Waals surface area contributed by atoms with Crippen LogP contribution in [0.3, 0.4) is 0 Å². The fourth-order valence-electron chi connectivity index (χ4n) is 1.52. The van der Waals surface area contributed by atoms with Gasteiger partial charge in [-0.05, 0) is 18.6 Å². The van der Waals surface area contributed by atoms with E-state index in [1.807, 2.05) is 0 Å². The molecule has 0 unspecified atom stereocenters. The van der Waals surface area contributed by atoms with Gasteiger partial charge in [0.1, 0.15) is 0 Å². The first-order chi connectivity index (χ1) is 6.20. The lowest BCUT2D eigenvalue weighted by Crippen LogP contribution is -3.05. The van der Waals surface area contributed by atoms with Crippen molar-refractivity contribution in [2.45, 2.75) is 12.8 Å². The van der Waals surface area contributed by atoms with E-state index >= 15 is 0 Å². The Hall–Kier alpha value is -0.350. The molecule has 76 valence electrons. The zero-order valence-electron chi connectivity index (χ0n) is 8.60. The Bertz CT molecular complexity index is 170. The minimum Gasteiger partial charge on any atom is -0.362 e. The van der Waals surface area contributed by atoms with Gasteiger partial charge in [0.2, 0.25) is 0 Å². The van der Waals surface area contributed by atoms with E-state index in [1.54, 1.807) is 0 Å². The van der Waals surface area contributed by atoms with E-state index < -0.39 is 0 Å². The number of thiocarbonyl (C=S) groups is 1. The Labute approximate surface area is 86.1 Å². The number of nitrogens with zero attached hydrogens (tertiary/aromatic N) is 1. The summed E-state index contributed by atoms with van der Waals surface area (Å²) >= 11 is 5.21. The second-order valence-corrected chi connectivity index (χ2v) is 4.27. The topological polar surface area (TPSA) is 19.7 Å². The minimum absolute atomic E-state index is 0.944. The van der Waals surface area contributed by atoms with Gasteiger partial charge in [-0.3, -0.25) is 0 Å². The molecule has 3 nitrogen and oxygen atoms in total. The summed E-state index contributed by atoms with van der Waals surface area (Å²) in [6, 6.07) is 0. The van der Waals surface area contributed by atoms with Crippen molar-refractivity contribution in [3.8, 4) is 0 Å². The Morgan fingerprint density at radius 3 is 2.92 bits per heavy atom. The molecular weight excluding hydrogens is 182 g/mol. The molecule has 4 heteroatoms. The molecule has 0 amide bonds. The zero-order chi connectivity index (χ0) is 9.68. The van der Waals surface area contributed by atoms with Gasteiger partial charge in [0.15, 0.2) is 5.11 Å². The van der Waals surface area contributed by atoms with Crippen LogP contribution in [0.2, 0.25) is 0 Å². The van der Waals surface area contributed by atoms with Crippen LogP contribution in [0.4, 0.5) is 0 Å².